The van der Waals surface area contributed by atoms with E-state index in [4.69, 9.17) is 16.3 Å². The molecule has 0 radical (unpaired) electrons. The summed E-state index contributed by atoms with van der Waals surface area (Å²) in [6, 6.07) is 7.42. The first-order valence-corrected chi connectivity index (χ1v) is 7.36. The Morgan fingerprint density at radius 1 is 1.53 bits per heavy atom. The van der Waals surface area contributed by atoms with Crippen LogP contribution in [0.25, 0.3) is 0 Å². The zero-order valence-electron chi connectivity index (χ0n) is 11.3. The first-order valence-electron chi connectivity index (χ1n) is 6.82. The van der Waals surface area contributed by atoms with Crippen LogP contribution in [0.5, 0.6) is 5.75 Å². The molecule has 3 nitrogen and oxygen atoms in total. The molecule has 1 fully saturated rings. The zero-order chi connectivity index (χ0) is 13.7. The molecule has 0 N–H and O–H groups in total. The first-order chi connectivity index (χ1) is 9.24. The second kappa shape index (κ2) is 6.80. The number of likely N-dealkylation sites (tertiary alicyclic amines) is 1. The van der Waals surface area contributed by atoms with Crippen LogP contribution in [-0.2, 0) is 0 Å². The largest absolute Gasteiger partial charge is 0.494 e. The Balaban J connectivity index is 2.02. The summed E-state index contributed by atoms with van der Waals surface area (Å²) in [5.74, 6) is 1.91. The van der Waals surface area contributed by atoms with Crippen molar-refractivity contribution in [2.24, 2.45) is 5.92 Å². The number of carbonyl (C=O) groups is 1. The van der Waals surface area contributed by atoms with Crippen LogP contribution in [0.15, 0.2) is 24.3 Å². The van der Waals surface area contributed by atoms with Crippen LogP contribution in [-0.4, -0.2) is 36.4 Å². The normalized spacial score (nSPS) is 18.6. The molecular weight excluding hydrogens is 262 g/mol. The predicted octanol–water partition coefficient (Wildman–Crippen LogP) is 3.18. The quantitative estimate of drug-likeness (QED) is 0.776. The van der Waals surface area contributed by atoms with Crippen LogP contribution in [0.1, 0.15) is 30.1 Å². The topological polar surface area (TPSA) is 29.5 Å². The average Bonchev–Trinajstić information content (AvgIpc) is 2.93. The highest BCUT2D eigenvalue weighted by Gasteiger charge is 2.26. The number of hydrogen-bond acceptors (Lipinski definition) is 2. The lowest BCUT2D eigenvalue weighted by molar-refractivity contribution is 0.0788. The monoisotopic (exact) mass is 281 g/mol. The first kappa shape index (κ1) is 14.2. The molecule has 1 amide bonds. The summed E-state index contributed by atoms with van der Waals surface area (Å²) in [5, 5.41) is 0. The van der Waals surface area contributed by atoms with Crippen molar-refractivity contribution in [3.63, 3.8) is 0 Å². The molecule has 0 aliphatic carbocycles. The van der Waals surface area contributed by atoms with E-state index in [2.05, 4.69) is 6.92 Å². The van der Waals surface area contributed by atoms with E-state index in [1.54, 1.807) is 0 Å². The Hall–Kier alpha value is -1.22. The van der Waals surface area contributed by atoms with Crippen molar-refractivity contribution in [1.29, 1.82) is 0 Å². The lowest BCUT2D eigenvalue weighted by Crippen LogP contribution is -2.28. The molecular formula is C15H20ClNO2. The van der Waals surface area contributed by atoms with Crippen molar-refractivity contribution in [3.8, 4) is 5.75 Å². The minimum Gasteiger partial charge on any atom is -0.494 e. The average molecular weight is 282 g/mol. The second-order valence-corrected chi connectivity index (χ2v) is 5.25. The lowest BCUT2D eigenvalue weighted by Gasteiger charge is -2.16. The fourth-order valence-corrected chi connectivity index (χ4v) is 2.52. The van der Waals surface area contributed by atoms with E-state index in [0.29, 0.717) is 24.0 Å². The smallest absolute Gasteiger partial charge is 0.253 e. The van der Waals surface area contributed by atoms with E-state index in [1.807, 2.05) is 29.2 Å². The van der Waals surface area contributed by atoms with E-state index in [1.165, 1.54) is 0 Å². The molecule has 104 valence electrons. The second-order valence-electron chi connectivity index (χ2n) is 4.94. The Labute approximate surface area is 119 Å². The summed E-state index contributed by atoms with van der Waals surface area (Å²) < 4.78 is 5.56. The van der Waals surface area contributed by atoms with Crippen LogP contribution >= 0.6 is 11.6 Å². The number of nitrogens with zero attached hydrogens (tertiary/aromatic N) is 1. The third-order valence-corrected chi connectivity index (χ3v) is 3.78. The maximum Gasteiger partial charge on any atom is 0.253 e. The molecule has 0 bridgehead atoms. The van der Waals surface area contributed by atoms with Gasteiger partial charge in [-0.1, -0.05) is 13.0 Å². The van der Waals surface area contributed by atoms with Gasteiger partial charge in [-0.3, -0.25) is 4.79 Å². The highest BCUT2D eigenvalue weighted by Crippen LogP contribution is 2.21. The molecule has 0 aromatic heterocycles. The van der Waals surface area contributed by atoms with Gasteiger partial charge in [0.05, 0.1) is 6.61 Å². The van der Waals surface area contributed by atoms with E-state index in [-0.39, 0.29) is 5.91 Å². The molecule has 1 aliphatic heterocycles. The highest BCUT2D eigenvalue weighted by atomic mass is 35.5. The van der Waals surface area contributed by atoms with E-state index in [0.717, 1.165) is 31.7 Å². The molecule has 1 aromatic rings. The Kier molecular flexibility index (Phi) is 5.08. The molecule has 0 saturated carbocycles. The standard InChI is InChI=1S/C15H20ClNO2/c1-2-8-19-14-5-3-4-13(9-14)15(18)17-7-6-12(10-16)11-17/h3-5,9,12H,2,6-8,10-11H2,1H3. The summed E-state index contributed by atoms with van der Waals surface area (Å²) in [5.41, 5.74) is 0.698. The number of hydrogen-bond donors (Lipinski definition) is 0. The molecule has 1 atom stereocenters. The van der Waals surface area contributed by atoms with Crippen molar-refractivity contribution in [1.82, 2.24) is 4.90 Å². The summed E-state index contributed by atoms with van der Waals surface area (Å²) in [4.78, 5) is 14.2. The Morgan fingerprint density at radius 3 is 3.05 bits per heavy atom. The third-order valence-electron chi connectivity index (χ3n) is 3.35. The number of benzene rings is 1. The fraction of sp³-hybridized carbons (Fsp3) is 0.533. The van der Waals surface area contributed by atoms with Gasteiger partial charge in [0.25, 0.3) is 5.91 Å². The molecule has 1 saturated heterocycles. The summed E-state index contributed by atoms with van der Waals surface area (Å²) in [6.07, 6.45) is 1.96. The van der Waals surface area contributed by atoms with Gasteiger partial charge < -0.3 is 9.64 Å². The van der Waals surface area contributed by atoms with Crippen molar-refractivity contribution in [2.75, 3.05) is 25.6 Å². The highest BCUT2D eigenvalue weighted by molar-refractivity contribution is 6.18. The van der Waals surface area contributed by atoms with Gasteiger partial charge in [0.1, 0.15) is 5.75 Å². The number of alkyl halides is 1. The summed E-state index contributed by atoms with van der Waals surface area (Å²) >= 11 is 5.85. The maximum absolute atomic E-state index is 12.4. The molecule has 1 aliphatic rings. The van der Waals surface area contributed by atoms with Gasteiger partial charge in [-0.15, -0.1) is 11.6 Å². The molecule has 19 heavy (non-hydrogen) atoms. The SMILES string of the molecule is CCCOc1cccc(C(=O)N2CCC(CCl)C2)c1. The molecule has 1 aromatic carbocycles. The van der Waals surface area contributed by atoms with Crippen LogP contribution in [0.3, 0.4) is 0 Å². The van der Waals surface area contributed by atoms with Gasteiger partial charge in [0.15, 0.2) is 0 Å². The maximum atomic E-state index is 12.4. The van der Waals surface area contributed by atoms with E-state index in [9.17, 15) is 4.79 Å². The predicted molar refractivity (Wildman–Crippen MR) is 77.0 cm³/mol. The Morgan fingerprint density at radius 2 is 2.37 bits per heavy atom. The van der Waals surface area contributed by atoms with Gasteiger partial charge in [0.2, 0.25) is 0 Å². The van der Waals surface area contributed by atoms with Gasteiger partial charge in [0, 0.05) is 24.5 Å². The molecule has 2 rings (SSSR count). The van der Waals surface area contributed by atoms with E-state index >= 15 is 0 Å². The summed E-state index contributed by atoms with van der Waals surface area (Å²) in [6.45, 7) is 4.31. The number of rotatable bonds is 5. The van der Waals surface area contributed by atoms with Gasteiger partial charge in [-0.2, -0.15) is 0 Å². The van der Waals surface area contributed by atoms with Crippen LogP contribution in [0.2, 0.25) is 0 Å². The minimum atomic E-state index is 0.0783. The van der Waals surface area contributed by atoms with Crippen molar-refractivity contribution in [2.45, 2.75) is 19.8 Å². The van der Waals surface area contributed by atoms with Crippen LogP contribution in [0, 0.1) is 5.92 Å². The number of halogens is 1. The van der Waals surface area contributed by atoms with Gasteiger partial charge in [-0.05, 0) is 37.0 Å². The minimum absolute atomic E-state index is 0.0783. The summed E-state index contributed by atoms with van der Waals surface area (Å²) in [7, 11) is 0. The van der Waals surface area contributed by atoms with Crippen LogP contribution in [0.4, 0.5) is 0 Å². The van der Waals surface area contributed by atoms with Crippen LogP contribution < -0.4 is 4.74 Å². The van der Waals surface area contributed by atoms with Crippen molar-refractivity contribution >= 4 is 17.5 Å². The number of ether oxygens (including phenoxy) is 1. The van der Waals surface area contributed by atoms with Crippen molar-refractivity contribution in [3.05, 3.63) is 29.8 Å². The third kappa shape index (κ3) is 3.63. The number of amides is 1. The molecule has 4 heteroatoms. The molecule has 1 heterocycles. The molecule has 0 spiro atoms. The van der Waals surface area contributed by atoms with Crippen molar-refractivity contribution < 1.29 is 9.53 Å². The van der Waals surface area contributed by atoms with Gasteiger partial charge in [-0.25, -0.2) is 0 Å². The number of carbonyl (C=O) groups excluding carboxylic acids is 1. The zero-order valence-corrected chi connectivity index (χ0v) is 12.0. The molecule has 1 unspecified atom stereocenters. The lowest BCUT2D eigenvalue weighted by atomic mass is 10.1. The van der Waals surface area contributed by atoms with E-state index < -0.39 is 0 Å². The van der Waals surface area contributed by atoms with Gasteiger partial charge >= 0.3 is 0 Å². The Bertz CT molecular complexity index is 436. The fourth-order valence-electron chi connectivity index (χ4n) is 2.26.